The molecule has 0 unspecified atom stereocenters. The highest BCUT2D eigenvalue weighted by molar-refractivity contribution is 7.14. The zero-order valence-corrected chi connectivity index (χ0v) is 13.8. The van der Waals surface area contributed by atoms with Gasteiger partial charge in [-0.15, -0.1) is 11.3 Å². The molecule has 1 aromatic carbocycles. The fourth-order valence-electron chi connectivity index (χ4n) is 1.80. The molecule has 2 amide bonds. The third kappa shape index (κ3) is 5.26. The predicted molar refractivity (Wildman–Crippen MR) is 85.7 cm³/mol. The van der Waals surface area contributed by atoms with Crippen LogP contribution in [-0.4, -0.2) is 37.1 Å². The number of amides is 2. The second-order valence-electron chi connectivity index (χ2n) is 4.82. The third-order valence-electron chi connectivity index (χ3n) is 3.00. The molecule has 0 fully saturated rings. The van der Waals surface area contributed by atoms with E-state index in [0.29, 0.717) is 13.2 Å². The lowest BCUT2D eigenvalue weighted by Gasteiger charge is -2.08. The average Bonchev–Trinajstić information content (AvgIpc) is 3.03. The number of methoxy groups -OCH3 is 1. The molecule has 0 aliphatic heterocycles. The van der Waals surface area contributed by atoms with Crippen molar-refractivity contribution in [3.63, 3.8) is 0 Å². The molecule has 0 spiro atoms. The number of hydrogen-bond acceptors (Lipinski definition) is 5. The van der Waals surface area contributed by atoms with Crippen LogP contribution in [0.5, 0.6) is 0 Å². The number of hydrogen-bond donors (Lipinski definition) is 2. The summed E-state index contributed by atoms with van der Waals surface area (Å²) in [6, 6.07) is 4.04. The first-order chi connectivity index (χ1) is 11.8. The van der Waals surface area contributed by atoms with Gasteiger partial charge in [-0.2, -0.15) is 13.2 Å². The summed E-state index contributed by atoms with van der Waals surface area (Å²) in [6.07, 6.45) is -4.54. The monoisotopic (exact) mass is 373 g/mol. The molecular formula is C15H14F3N3O3S. The first-order valence-electron chi connectivity index (χ1n) is 7.02. The molecule has 0 saturated heterocycles. The summed E-state index contributed by atoms with van der Waals surface area (Å²) in [6.45, 7) is 0.647. The minimum Gasteiger partial charge on any atom is -0.383 e. The van der Waals surface area contributed by atoms with Crippen LogP contribution in [-0.2, 0) is 10.9 Å². The molecule has 6 nitrogen and oxygen atoms in total. The Bertz CT molecular complexity index is 762. The molecule has 2 aromatic rings. The molecule has 2 rings (SSSR count). The lowest BCUT2D eigenvalue weighted by Crippen LogP contribution is -2.27. The molecule has 0 saturated carbocycles. The van der Waals surface area contributed by atoms with Crippen LogP contribution < -0.4 is 10.6 Å². The Labute approximate surface area is 145 Å². The van der Waals surface area contributed by atoms with Crippen molar-refractivity contribution in [2.24, 2.45) is 0 Å². The van der Waals surface area contributed by atoms with Crippen LogP contribution in [0.15, 0.2) is 29.6 Å². The number of carbonyl (C=O) groups is 2. The van der Waals surface area contributed by atoms with E-state index in [1.807, 2.05) is 0 Å². The Morgan fingerprint density at radius 1 is 1.28 bits per heavy atom. The van der Waals surface area contributed by atoms with Crippen LogP contribution in [0.3, 0.4) is 0 Å². The van der Waals surface area contributed by atoms with E-state index in [-0.39, 0.29) is 16.4 Å². The second-order valence-corrected chi connectivity index (χ2v) is 5.68. The lowest BCUT2D eigenvalue weighted by molar-refractivity contribution is -0.137. The maximum Gasteiger partial charge on any atom is 0.416 e. The summed E-state index contributed by atoms with van der Waals surface area (Å²) in [5.41, 5.74) is -0.978. The quantitative estimate of drug-likeness (QED) is 0.763. The third-order valence-corrected chi connectivity index (χ3v) is 3.76. The van der Waals surface area contributed by atoms with Gasteiger partial charge in [0.05, 0.1) is 12.2 Å². The summed E-state index contributed by atoms with van der Waals surface area (Å²) in [5, 5.41) is 6.49. The van der Waals surface area contributed by atoms with E-state index in [0.717, 1.165) is 29.5 Å². The number of alkyl halides is 3. The van der Waals surface area contributed by atoms with Crippen molar-refractivity contribution >= 4 is 28.3 Å². The van der Waals surface area contributed by atoms with Gasteiger partial charge in [0.15, 0.2) is 5.13 Å². The van der Waals surface area contributed by atoms with E-state index >= 15 is 0 Å². The highest BCUT2D eigenvalue weighted by Gasteiger charge is 2.31. The number of thiazole rings is 1. The largest absolute Gasteiger partial charge is 0.416 e. The van der Waals surface area contributed by atoms with Gasteiger partial charge >= 0.3 is 6.18 Å². The molecule has 0 aliphatic rings. The van der Waals surface area contributed by atoms with E-state index in [1.54, 1.807) is 0 Å². The van der Waals surface area contributed by atoms with E-state index in [2.05, 4.69) is 15.6 Å². The van der Waals surface area contributed by atoms with Gasteiger partial charge in [0.25, 0.3) is 11.8 Å². The number of benzene rings is 1. The van der Waals surface area contributed by atoms with Gasteiger partial charge in [-0.3, -0.25) is 14.9 Å². The molecule has 0 radical (unpaired) electrons. The smallest absolute Gasteiger partial charge is 0.383 e. The van der Waals surface area contributed by atoms with Crippen molar-refractivity contribution in [2.75, 3.05) is 25.6 Å². The SMILES string of the molecule is COCCNC(=O)c1csc(NC(=O)c2cccc(C(F)(F)F)c2)n1. The van der Waals surface area contributed by atoms with Gasteiger partial charge in [0, 0.05) is 24.6 Å². The predicted octanol–water partition coefficient (Wildman–Crippen LogP) is 2.79. The number of nitrogens with zero attached hydrogens (tertiary/aromatic N) is 1. The topological polar surface area (TPSA) is 80.3 Å². The van der Waals surface area contributed by atoms with E-state index in [9.17, 15) is 22.8 Å². The highest BCUT2D eigenvalue weighted by atomic mass is 32.1. The van der Waals surface area contributed by atoms with Gasteiger partial charge in [0.1, 0.15) is 5.69 Å². The number of halogens is 3. The van der Waals surface area contributed by atoms with Crippen molar-refractivity contribution in [2.45, 2.75) is 6.18 Å². The Morgan fingerprint density at radius 3 is 2.72 bits per heavy atom. The van der Waals surface area contributed by atoms with Crippen LogP contribution in [0.4, 0.5) is 18.3 Å². The Morgan fingerprint density at radius 2 is 2.04 bits per heavy atom. The van der Waals surface area contributed by atoms with Crippen LogP contribution in [0.1, 0.15) is 26.4 Å². The standard InChI is InChI=1S/C15H14F3N3O3S/c1-24-6-5-19-13(23)11-8-25-14(20-11)21-12(22)9-3-2-4-10(7-9)15(16,17)18/h2-4,7-8H,5-6H2,1H3,(H,19,23)(H,20,21,22). The van der Waals surface area contributed by atoms with Gasteiger partial charge in [-0.05, 0) is 18.2 Å². The summed E-state index contributed by atoms with van der Waals surface area (Å²) in [5.74, 6) is -1.18. The summed E-state index contributed by atoms with van der Waals surface area (Å²) < 4.78 is 42.8. The van der Waals surface area contributed by atoms with Crippen LogP contribution in [0.25, 0.3) is 0 Å². The van der Waals surface area contributed by atoms with Gasteiger partial charge in [0.2, 0.25) is 0 Å². The Kier molecular flexibility index (Phi) is 6.10. The zero-order chi connectivity index (χ0) is 18.4. The normalized spacial score (nSPS) is 11.2. The van der Waals surface area contributed by atoms with Gasteiger partial charge in [-0.25, -0.2) is 4.98 Å². The minimum atomic E-state index is -4.54. The van der Waals surface area contributed by atoms with Crippen LogP contribution in [0.2, 0.25) is 0 Å². The molecule has 0 atom stereocenters. The van der Waals surface area contributed by atoms with Crippen molar-refractivity contribution in [1.82, 2.24) is 10.3 Å². The van der Waals surface area contributed by atoms with Crippen molar-refractivity contribution in [3.05, 3.63) is 46.5 Å². The van der Waals surface area contributed by atoms with Gasteiger partial charge in [-0.1, -0.05) is 6.07 Å². The van der Waals surface area contributed by atoms with E-state index < -0.39 is 23.6 Å². The first-order valence-corrected chi connectivity index (χ1v) is 7.90. The van der Waals surface area contributed by atoms with Gasteiger partial charge < -0.3 is 10.1 Å². The summed E-state index contributed by atoms with van der Waals surface area (Å²) >= 11 is 0.992. The molecule has 25 heavy (non-hydrogen) atoms. The van der Waals surface area contributed by atoms with Crippen LogP contribution in [0, 0.1) is 0 Å². The van der Waals surface area contributed by atoms with Crippen LogP contribution >= 0.6 is 11.3 Å². The second kappa shape index (κ2) is 8.08. The number of anilines is 1. The molecule has 10 heteroatoms. The number of nitrogens with one attached hydrogen (secondary N) is 2. The number of carbonyl (C=O) groups excluding carboxylic acids is 2. The molecule has 0 bridgehead atoms. The Balaban J connectivity index is 2.03. The highest BCUT2D eigenvalue weighted by Crippen LogP contribution is 2.29. The molecule has 1 heterocycles. The molecular weight excluding hydrogens is 359 g/mol. The maximum absolute atomic E-state index is 12.7. The maximum atomic E-state index is 12.7. The fraction of sp³-hybridized carbons (Fsp3) is 0.267. The number of aromatic nitrogens is 1. The summed E-state index contributed by atoms with van der Waals surface area (Å²) in [7, 11) is 1.50. The fourth-order valence-corrected chi connectivity index (χ4v) is 2.48. The number of ether oxygens (including phenoxy) is 1. The minimum absolute atomic E-state index is 0.0976. The van der Waals surface area contributed by atoms with E-state index in [1.165, 1.54) is 18.6 Å². The molecule has 134 valence electrons. The van der Waals surface area contributed by atoms with Crippen molar-refractivity contribution in [3.8, 4) is 0 Å². The first kappa shape index (κ1) is 18.9. The Hall–Kier alpha value is -2.46. The zero-order valence-electron chi connectivity index (χ0n) is 13.0. The molecule has 0 aliphatic carbocycles. The van der Waals surface area contributed by atoms with Crippen molar-refractivity contribution < 1.29 is 27.5 Å². The summed E-state index contributed by atoms with van der Waals surface area (Å²) in [4.78, 5) is 27.8. The van der Waals surface area contributed by atoms with E-state index in [4.69, 9.17) is 4.74 Å². The van der Waals surface area contributed by atoms with Crippen molar-refractivity contribution in [1.29, 1.82) is 0 Å². The average molecular weight is 373 g/mol. The number of rotatable bonds is 6. The molecule has 2 N–H and O–H groups in total. The molecule has 1 aromatic heterocycles. The lowest BCUT2D eigenvalue weighted by atomic mass is 10.1.